The first kappa shape index (κ1) is 17.1. The Morgan fingerprint density at radius 1 is 1.26 bits per heavy atom. The summed E-state index contributed by atoms with van der Waals surface area (Å²) in [6.07, 6.45) is 4.99. The van der Waals surface area contributed by atoms with E-state index < -0.39 is 0 Å². The highest BCUT2D eigenvalue weighted by molar-refractivity contribution is 5.97. The minimum atomic E-state index is -0.247. The lowest BCUT2D eigenvalue weighted by atomic mass is 9.97. The maximum absolute atomic E-state index is 12.3. The SMILES string of the molecule is CCOC(=O)C1CCCN(C(=O)CCC(=O)c2ccncc2)C1. The molecule has 124 valence electrons. The van der Waals surface area contributed by atoms with Crippen molar-refractivity contribution in [3.8, 4) is 0 Å². The number of carbonyl (C=O) groups excluding carboxylic acids is 3. The molecule has 1 atom stereocenters. The molecule has 2 rings (SSSR count). The summed E-state index contributed by atoms with van der Waals surface area (Å²) in [5, 5.41) is 0. The molecule has 0 radical (unpaired) electrons. The fourth-order valence-electron chi connectivity index (χ4n) is 2.72. The van der Waals surface area contributed by atoms with Crippen molar-refractivity contribution in [3.63, 3.8) is 0 Å². The van der Waals surface area contributed by atoms with Crippen LogP contribution in [0.4, 0.5) is 0 Å². The van der Waals surface area contributed by atoms with Gasteiger partial charge in [0.25, 0.3) is 0 Å². The summed E-state index contributed by atoms with van der Waals surface area (Å²) >= 11 is 0. The van der Waals surface area contributed by atoms with Crippen LogP contribution in [0.5, 0.6) is 0 Å². The smallest absolute Gasteiger partial charge is 0.310 e. The molecular formula is C17H22N2O4. The Bertz CT molecular complexity index is 559. The van der Waals surface area contributed by atoms with Crippen LogP contribution in [0.2, 0.25) is 0 Å². The van der Waals surface area contributed by atoms with Crippen molar-refractivity contribution in [2.75, 3.05) is 19.7 Å². The molecule has 2 heterocycles. The lowest BCUT2D eigenvalue weighted by Gasteiger charge is -2.31. The van der Waals surface area contributed by atoms with Crippen LogP contribution in [0.15, 0.2) is 24.5 Å². The van der Waals surface area contributed by atoms with E-state index in [1.54, 1.807) is 36.4 Å². The number of ether oxygens (including phenoxy) is 1. The first-order valence-corrected chi connectivity index (χ1v) is 7.99. The number of hydrogen-bond acceptors (Lipinski definition) is 5. The summed E-state index contributed by atoms with van der Waals surface area (Å²) in [6, 6.07) is 3.29. The van der Waals surface area contributed by atoms with E-state index in [4.69, 9.17) is 4.74 Å². The second-order valence-electron chi connectivity index (χ2n) is 5.59. The summed E-state index contributed by atoms with van der Waals surface area (Å²) < 4.78 is 5.03. The second kappa shape index (κ2) is 8.41. The number of aromatic nitrogens is 1. The predicted octanol–water partition coefficient (Wildman–Crippen LogP) is 1.85. The van der Waals surface area contributed by atoms with Crippen LogP contribution in [0.3, 0.4) is 0 Å². The number of rotatable bonds is 6. The van der Waals surface area contributed by atoms with Gasteiger partial charge >= 0.3 is 5.97 Å². The Morgan fingerprint density at radius 2 is 2.00 bits per heavy atom. The average molecular weight is 318 g/mol. The van der Waals surface area contributed by atoms with Crippen molar-refractivity contribution in [2.45, 2.75) is 32.6 Å². The van der Waals surface area contributed by atoms with Gasteiger partial charge in [0.1, 0.15) is 0 Å². The Balaban J connectivity index is 1.83. The van der Waals surface area contributed by atoms with Crippen LogP contribution in [-0.4, -0.2) is 47.2 Å². The maximum Gasteiger partial charge on any atom is 0.310 e. The Hall–Kier alpha value is -2.24. The number of carbonyl (C=O) groups is 3. The average Bonchev–Trinajstić information content (AvgIpc) is 2.60. The van der Waals surface area contributed by atoms with Gasteiger partial charge in [-0.3, -0.25) is 19.4 Å². The van der Waals surface area contributed by atoms with Crippen LogP contribution in [0.25, 0.3) is 0 Å². The van der Waals surface area contributed by atoms with E-state index in [9.17, 15) is 14.4 Å². The summed E-state index contributed by atoms with van der Waals surface area (Å²) in [5.41, 5.74) is 0.566. The highest BCUT2D eigenvalue weighted by Gasteiger charge is 2.29. The molecule has 1 aromatic rings. The van der Waals surface area contributed by atoms with Crippen molar-refractivity contribution < 1.29 is 19.1 Å². The van der Waals surface area contributed by atoms with E-state index in [0.29, 0.717) is 25.3 Å². The standard InChI is InChI=1S/C17H22N2O4/c1-2-23-17(22)14-4-3-11-19(12-14)16(21)6-5-15(20)13-7-9-18-10-8-13/h7-10,14H,2-6,11-12H2,1H3. The van der Waals surface area contributed by atoms with Crippen LogP contribution in [0, 0.1) is 5.92 Å². The molecule has 1 saturated heterocycles. The predicted molar refractivity (Wildman–Crippen MR) is 83.7 cm³/mol. The molecular weight excluding hydrogens is 296 g/mol. The van der Waals surface area contributed by atoms with Gasteiger partial charge in [-0.05, 0) is 31.9 Å². The van der Waals surface area contributed by atoms with E-state index in [1.807, 2.05) is 0 Å². The zero-order valence-electron chi connectivity index (χ0n) is 13.4. The number of amides is 1. The number of pyridine rings is 1. The molecule has 0 aromatic carbocycles. The molecule has 0 bridgehead atoms. The quantitative estimate of drug-likeness (QED) is 0.591. The van der Waals surface area contributed by atoms with Crippen LogP contribution < -0.4 is 0 Å². The molecule has 1 aromatic heterocycles. The zero-order valence-corrected chi connectivity index (χ0v) is 13.4. The Kier molecular flexibility index (Phi) is 6.26. The lowest BCUT2D eigenvalue weighted by molar-refractivity contribution is -0.151. The first-order chi connectivity index (χ1) is 11.1. The Labute approximate surface area is 135 Å². The maximum atomic E-state index is 12.3. The van der Waals surface area contributed by atoms with Crippen molar-refractivity contribution in [1.82, 2.24) is 9.88 Å². The molecule has 0 N–H and O–H groups in total. The summed E-state index contributed by atoms with van der Waals surface area (Å²) in [7, 11) is 0. The van der Waals surface area contributed by atoms with Crippen LogP contribution in [0.1, 0.15) is 43.0 Å². The molecule has 1 aliphatic rings. The number of hydrogen-bond donors (Lipinski definition) is 0. The van der Waals surface area contributed by atoms with Crippen molar-refractivity contribution in [2.24, 2.45) is 5.92 Å². The highest BCUT2D eigenvalue weighted by Crippen LogP contribution is 2.19. The monoisotopic (exact) mass is 318 g/mol. The number of nitrogens with zero attached hydrogens (tertiary/aromatic N) is 2. The van der Waals surface area contributed by atoms with Gasteiger partial charge in [0, 0.05) is 43.9 Å². The third-order valence-electron chi connectivity index (χ3n) is 3.96. The number of likely N-dealkylation sites (tertiary alicyclic amines) is 1. The largest absolute Gasteiger partial charge is 0.466 e. The van der Waals surface area contributed by atoms with Crippen LogP contribution in [-0.2, 0) is 14.3 Å². The van der Waals surface area contributed by atoms with E-state index >= 15 is 0 Å². The Morgan fingerprint density at radius 3 is 2.70 bits per heavy atom. The van der Waals surface area contributed by atoms with Gasteiger partial charge in [-0.2, -0.15) is 0 Å². The second-order valence-corrected chi connectivity index (χ2v) is 5.59. The van der Waals surface area contributed by atoms with Gasteiger partial charge in [-0.1, -0.05) is 0 Å². The molecule has 1 amide bonds. The van der Waals surface area contributed by atoms with Crippen molar-refractivity contribution in [1.29, 1.82) is 0 Å². The minimum Gasteiger partial charge on any atom is -0.466 e. The third kappa shape index (κ3) is 4.87. The third-order valence-corrected chi connectivity index (χ3v) is 3.96. The number of esters is 1. The van der Waals surface area contributed by atoms with Crippen molar-refractivity contribution >= 4 is 17.7 Å². The fraction of sp³-hybridized carbons (Fsp3) is 0.529. The van der Waals surface area contributed by atoms with E-state index in [2.05, 4.69) is 4.98 Å². The molecule has 0 saturated carbocycles. The van der Waals surface area contributed by atoms with Gasteiger partial charge < -0.3 is 9.64 Å². The summed E-state index contributed by atoms with van der Waals surface area (Å²) in [5.74, 6) is -0.637. The van der Waals surface area contributed by atoms with Gasteiger partial charge in [0.2, 0.25) is 5.91 Å². The number of ketones is 1. The molecule has 0 spiro atoms. The minimum absolute atomic E-state index is 0.0697. The topological polar surface area (TPSA) is 76.6 Å². The molecule has 6 heteroatoms. The van der Waals surface area contributed by atoms with E-state index in [0.717, 1.165) is 12.8 Å². The number of piperidine rings is 1. The molecule has 6 nitrogen and oxygen atoms in total. The highest BCUT2D eigenvalue weighted by atomic mass is 16.5. The summed E-state index contributed by atoms with van der Waals surface area (Å²) in [4.78, 5) is 41.6. The van der Waals surface area contributed by atoms with E-state index in [-0.39, 0.29) is 36.4 Å². The normalized spacial score (nSPS) is 17.6. The zero-order chi connectivity index (χ0) is 16.7. The van der Waals surface area contributed by atoms with Crippen LogP contribution >= 0.6 is 0 Å². The van der Waals surface area contributed by atoms with Crippen molar-refractivity contribution in [3.05, 3.63) is 30.1 Å². The molecule has 1 aliphatic heterocycles. The molecule has 0 aliphatic carbocycles. The van der Waals surface area contributed by atoms with Gasteiger partial charge in [-0.25, -0.2) is 0 Å². The molecule has 1 fully saturated rings. The summed E-state index contributed by atoms with van der Waals surface area (Å²) in [6.45, 7) is 3.15. The molecule has 1 unspecified atom stereocenters. The molecule has 23 heavy (non-hydrogen) atoms. The van der Waals surface area contributed by atoms with E-state index in [1.165, 1.54) is 0 Å². The fourth-order valence-corrected chi connectivity index (χ4v) is 2.72. The number of Topliss-reactive ketones (excluding diaryl/α,β-unsaturated/α-hetero) is 1. The van der Waals surface area contributed by atoms with Gasteiger partial charge in [0.05, 0.1) is 12.5 Å². The first-order valence-electron chi connectivity index (χ1n) is 7.99. The lowest BCUT2D eigenvalue weighted by Crippen LogP contribution is -2.42. The van der Waals surface area contributed by atoms with Gasteiger partial charge in [0.15, 0.2) is 5.78 Å². The van der Waals surface area contributed by atoms with Gasteiger partial charge in [-0.15, -0.1) is 0 Å².